The van der Waals surface area contributed by atoms with E-state index in [0.29, 0.717) is 34.0 Å². The van der Waals surface area contributed by atoms with Gasteiger partial charge in [0, 0.05) is 23.6 Å². The van der Waals surface area contributed by atoms with E-state index in [1.54, 1.807) is 12.1 Å². The third kappa shape index (κ3) is 4.60. The van der Waals surface area contributed by atoms with Crippen LogP contribution in [0.15, 0.2) is 36.7 Å². The normalized spacial score (nSPS) is 15.9. The zero-order chi connectivity index (χ0) is 23.9. The molecule has 0 atom stereocenters. The number of aromatic nitrogens is 5. The standard InChI is InChI=1S/C23H24F3N7O/c1-32-8-6-14(7-9-32)11-33-22-19(21(27)28-13-29-22)20(31-33)16-2-4-17-15(10-16)3-5-18(30-17)34-12-23(24,25)26/h2-5,10,13-14H,6-9,11-12H2,1H3,(H2,27,28,29). The Balaban J connectivity index is 1.48. The molecule has 8 nitrogen and oxygen atoms in total. The number of nitrogen functional groups attached to an aromatic ring is 1. The summed E-state index contributed by atoms with van der Waals surface area (Å²) in [6.07, 6.45) is -0.792. The molecule has 0 unspecified atom stereocenters. The maximum atomic E-state index is 12.4. The summed E-state index contributed by atoms with van der Waals surface area (Å²) in [7, 11) is 2.13. The lowest BCUT2D eigenvalue weighted by atomic mass is 9.97. The van der Waals surface area contributed by atoms with Gasteiger partial charge in [-0.1, -0.05) is 6.07 Å². The molecule has 0 aliphatic carbocycles. The average molecular weight is 471 g/mol. The number of halogens is 3. The van der Waals surface area contributed by atoms with Crippen molar-refractivity contribution in [3.63, 3.8) is 0 Å². The number of fused-ring (bicyclic) bond motifs is 2. The number of hydrogen-bond acceptors (Lipinski definition) is 7. The van der Waals surface area contributed by atoms with Crippen molar-refractivity contribution in [2.45, 2.75) is 25.6 Å². The van der Waals surface area contributed by atoms with E-state index in [1.165, 1.54) is 12.4 Å². The number of nitrogens with zero attached hydrogens (tertiary/aromatic N) is 6. The van der Waals surface area contributed by atoms with Crippen molar-refractivity contribution in [1.29, 1.82) is 0 Å². The molecule has 1 aromatic carbocycles. The molecule has 4 heterocycles. The van der Waals surface area contributed by atoms with E-state index in [0.717, 1.165) is 43.4 Å². The van der Waals surface area contributed by atoms with Crippen molar-refractivity contribution in [3.8, 4) is 17.1 Å². The van der Waals surface area contributed by atoms with Gasteiger partial charge in [-0.15, -0.1) is 0 Å². The highest BCUT2D eigenvalue weighted by Crippen LogP contribution is 2.33. The molecule has 4 aromatic rings. The summed E-state index contributed by atoms with van der Waals surface area (Å²) < 4.78 is 44.0. The van der Waals surface area contributed by atoms with Gasteiger partial charge in [-0.2, -0.15) is 18.3 Å². The highest BCUT2D eigenvalue weighted by Gasteiger charge is 2.28. The number of pyridine rings is 1. The first-order valence-electron chi connectivity index (χ1n) is 11.0. The van der Waals surface area contributed by atoms with Gasteiger partial charge in [0.05, 0.1) is 10.9 Å². The summed E-state index contributed by atoms with van der Waals surface area (Å²) in [5.74, 6) is 0.770. The van der Waals surface area contributed by atoms with Gasteiger partial charge in [0.1, 0.15) is 17.8 Å². The second-order valence-electron chi connectivity index (χ2n) is 8.70. The lowest BCUT2D eigenvalue weighted by Gasteiger charge is -2.28. The fourth-order valence-electron chi connectivity index (χ4n) is 4.34. The molecule has 1 aliphatic rings. The molecule has 1 aliphatic heterocycles. The van der Waals surface area contributed by atoms with Gasteiger partial charge in [-0.05, 0) is 57.1 Å². The Hall–Kier alpha value is -3.47. The van der Waals surface area contributed by atoms with Crippen molar-refractivity contribution in [2.24, 2.45) is 5.92 Å². The predicted molar refractivity (Wildman–Crippen MR) is 122 cm³/mol. The predicted octanol–water partition coefficient (Wildman–Crippen LogP) is 3.91. The summed E-state index contributed by atoms with van der Waals surface area (Å²) in [6, 6.07) is 8.52. The van der Waals surface area contributed by atoms with Crippen molar-refractivity contribution in [1.82, 2.24) is 29.6 Å². The monoisotopic (exact) mass is 471 g/mol. The summed E-state index contributed by atoms with van der Waals surface area (Å²) >= 11 is 0. The van der Waals surface area contributed by atoms with Crippen LogP contribution in [0, 0.1) is 5.92 Å². The van der Waals surface area contributed by atoms with E-state index in [1.807, 2.05) is 16.8 Å². The maximum absolute atomic E-state index is 12.4. The minimum absolute atomic E-state index is 0.0805. The molecule has 0 bridgehead atoms. The molecule has 3 aromatic heterocycles. The quantitative estimate of drug-likeness (QED) is 0.472. The number of anilines is 1. The number of alkyl halides is 3. The lowest BCUT2D eigenvalue weighted by molar-refractivity contribution is -0.154. The molecule has 34 heavy (non-hydrogen) atoms. The molecule has 11 heteroatoms. The van der Waals surface area contributed by atoms with Gasteiger partial charge in [0.2, 0.25) is 5.88 Å². The molecule has 5 rings (SSSR count). The van der Waals surface area contributed by atoms with Gasteiger partial charge < -0.3 is 15.4 Å². The first-order valence-corrected chi connectivity index (χ1v) is 11.0. The third-order valence-corrected chi connectivity index (χ3v) is 6.15. The second-order valence-corrected chi connectivity index (χ2v) is 8.70. The summed E-state index contributed by atoms with van der Waals surface area (Å²) in [6.45, 7) is 1.47. The van der Waals surface area contributed by atoms with E-state index in [-0.39, 0.29) is 5.88 Å². The zero-order valence-electron chi connectivity index (χ0n) is 18.6. The van der Waals surface area contributed by atoms with Crippen LogP contribution in [0.25, 0.3) is 33.2 Å². The van der Waals surface area contributed by atoms with E-state index < -0.39 is 12.8 Å². The third-order valence-electron chi connectivity index (χ3n) is 6.15. The van der Waals surface area contributed by atoms with Crippen LogP contribution in [0.3, 0.4) is 0 Å². The van der Waals surface area contributed by atoms with Crippen LogP contribution >= 0.6 is 0 Å². The molecular formula is C23H24F3N7O. The van der Waals surface area contributed by atoms with Crippen LogP contribution in [-0.2, 0) is 6.54 Å². The smallest absolute Gasteiger partial charge is 0.422 e. The second kappa shape index (κ2) is 8.71. The van der Waals surface area contributed by atoms with Crippen molar-refractivity contribution < 1.29 is 17.9 Å². The Morgan fingerprint density at radius 2 is 1.91 bits per heavy atom. The van der Waals surface area contributed by atoms with Crippen molar-refractivity contribution in [3.05, 3.63) is 36.7 Å². The Morgan fingerprint density at radius 1 is 1.12 bits per heavy atom. The minimum Gasteiger partial charge on any atom is -0.468 e. The van der Waals surface area contributed by atoms with Crippen LogP contribution in [0.1, 0.15) is 12.8 Å². The number of rotatable bonds is 5. The number of piperidine rings is 1. The zero-order valence-corrected chi connectivity index (χ0v) is 18.6. The number of nitrogens with two attached hydrogens (primary N) is 1. The van der Waals surface area contributed by atoms with Crippen LogP contribution in [0.2, 0.25) is 0 Å². The van der Waals surface area contributed by atoms with E-state index in [2.05, 4.69) is 26.9 Å². The number of hydrogen-bond donors (Lipinski definition) is 1. The van der Waals surface area contributed by atoms with E-state index in [9.17, 15) is 13.2 Å². The molecular weight excluding hydrogens is 447 g/mol. The van der Waals surface area contributed by atoms with Crippen LogP contribution < -0.4 is 10.5 Å². The highest BCUT2D eigenvalue weighted by atomic mass is 19.4. The first-order chi connectivity index (χ1) is 16.3. The molecule has 1 saturated heterocycles. The number of likely N-dealkylation sites (tertiary alicyclic amines) is 1. The van der Waals surface area contributed by atoms with Gasteiger partial charge in [0.25, 0.3) is 0 Å². The summed E-state index contributed by atoms with van der Waals surface area (Å²) in [5.41, 5.74) is 8.90. The van der Waals surface area contributed by atoms with Gasteiger partial charge in [-0.3, -0.25) is 0 Å². The average Bonchev–Trinajstić information content (AvgIpc) is 3.18. The van der Waals surface area contributed by atoms with Gasteiger partial charge in [-0.25, -0.2) is 19.6 Å². The molecule has 178 valence electrons. The molecule has 2 N–H and O–H groups in total. The molecule has 0 spiro atoms. The number of ether oxygens (including phenoxy) is 1. The Kier molecular flexibility index (Phi) is 5.72. The Labute approximate surface area is 193 Å². The van der Waals surface area contributed by atoms with Gasteiger partial charge >= 0.3 is 6.18 Å². The lowest BCUT2D eigenvalue weighted by Crippen LogP contribution is -2.32. The molecule has 0 amide bonds. The fraction of sp³-hybridized carbons (Fsp3) is 0.391. The molecule has 0 radical (unpaired) electrons. The van der Waals surface area contributed by atoms with Gasteiger partial charge in [0.15, 0.2) is 12.3 Å². The topological polar surface area (TPSA) is 95.0 Å². The number of benzene rings is 1. The molecule has 1 fully saturated rings. The van der Waals surface area contributed by atoms with Crippen molar-refractivity contribution >= 4 is 27.8 Å². The van der Waals surface area contributed by atoms with E-state index in [4.69, 9.17) is 15.6 Å². The highest BCUT2D eigenvalue weighted by molar-refractivity contribution is 5.99. The Bertz CT molecular complexity index is 1330. The summed E-state index contributed by atoms with van der Waals surface area (Å²) in [5, 5.41) is 6.29. The van der Waals surface area contributed by atoms with Crippen LogP contribution in [-0.4, -0.2) is 62.6 Å². The van der Waals surface area contributed by atoms with Crippen LogP contribution in [0.4, 0.5) is 19.0 Å². The SMILES string of the molecule is CN1CCC(Cn2nc(-c3ccc4nc(OCC(F)(F)F)ccc4c3)c3c(N)ncnc32)CC1. The van der Waals surface area contributed by atoms with E-state index >= 15 is 0 Å². The largest absolute Gasteiger partial charge is 0.468 e. The minimum atomic E-state index is -4.42. The summed E-state index contributed by atoms with van der Waals surface area (Å²) in [4.78, 5) is 15.1. The van der Waals surface area contributed by atoms with Crippen molar-refractivity contribution in [2.75, 3.05) is 32.5 Å². The molecule has 0 saturated carbocycles. The first kappa shape index (κ1) is 22.3. The fourth-order valence-corrected chi connectivity index (χ4v) is 4.34. The maximum Gasteiger partial charge on any atom is 0.422 e. The van der Waals surface area contributed by atoms with Crippen LogP contribution in [0.5, 0.6) is 5.88 Å². The Morgan fingerprint density at radius 3 is 2.68 bits per heavy atom.